The van der Waals surface area contributed by atoms with Crippen LogP contribution in [-0.4, -0.2) is 4.98 Å². The standard InChI is InChI=1S/C14H8F3N/c1-2-10-4-3-5-11(8-10)12-9-18-7-6-13(12)14(15,16)17/h1,3-9H. The van der Waals surface area contributed by atoms with Gasteiger partial charge in [-0.15, -0.1) is 6.42 Å². The maximum atomic E-state index is 12.8. The molecule has 0 aliphatic carbocycles. The fourth-order valence-corrected chi connectivity index (χ4v) is 1.65. The quantitative estimate of drug-likeness (QED) is 0.699. The summed E-state index contributed by atoms with van der Waals surface area (Å²) in [7, 11) is 0. The summed E-state index contributed by atoms with van der Waals surface area (Å²) in [6.45, 7) is 0. The predicted octanol–water partition coefficient (Wildman–Crippen LogP) is 3.75. The van der Waals surface area contributed by atoms with E-state index in [1.165, 1.54) is 12.3 Å². The average molecular weight is 247 g/mol. The van der Waals surface area contributed by atoms with Crippen molar-refractivity contribution in [2.75, 3.05) is 0 Å². The minimum Gasteiger partial charge on any atom is -0.264 e. The molecule has 0 bridgehead atoms. The summed E-state index contributed by atoms with van der Waals surface area (Å²) in [5.74, 6) is 2.39. The van der Waals surface area contributed by atoms with E-state index in [9.17, 15) is 13.2 Å². The number of terminal acetylenes is 1. The molecule has 0 saturated heterocycles. The maximum absolute atomic E-state index is 12.8. The van der Waals surface area contributed by atoms with Gasteiger partial charge in [0.25, 0.3) is 0 Å². The van der Waals surface area contributed by atoms with Crippen LogP contribution in [0.4, 0.5) is 13.2 Å². The molecule has 0 radical (unpaired) electrons. The van der Waals surface area contributed by atoms with Gasteiger partial charge in [-0.05, 0) is 23.8 Å². The molecule has 4 heteroatoms. The molecule has 1 nitrogen and oxygen atoms in total. The number of pyridine rings is 1. The van der Waals surface area contributed by atoms with E-state index >= 15 is 0 Å². The number of alkyl halides is 3. The SMILES string of the molecule is C#Cc1cccc(-c2cnccc2C(F)(F)F)c1. The minimum atomic E-state index is -4.41. The van der Waals surface area contributed by atoms with Crippen molar-refractivity contribution >= 4 is 0 Å². The Labute approximate surface area is 102 Å². The van der Waals surface area contributed by atoms with Crippen LogP contribution >= 0.6 is 0 Å². The number of halogens is 3. The smallest absolute Gasteiger partial charge is 0.264 e. The lowest BCUT2D eigenvalue weighted by atomic mass is 10.00. The summed E-state index contributed by atoms with van der Waals surface area (Å²) in [6.07, 6.45) is 3.14. The number of aromatic nitrogens is 1. The highest BCUT2D eigenvalue weighted by molar-refractivity contribution is 5.68. The minimum absolute atomic E-state index is 0.0297. The molecule has 2 rings (SSSR count). The first kappa shape index (κ1) is 12.2. The number of rotatable bonds is 1. The van der Waals surface area contributed by atoms with E-state index in [-0.39, 0.29) is 5.56 Å². The molecule has 1 aromatic carbocycles. The normalized spacial score (nSPS) is 11.0. The Kier molecular flexibility index (Phi) is 3.07. The van der Waals surface area contributed by atoms with E-state index in [1.54, 1.807) is 18.2 Å². The predicted molar refractivity (Wildman–Crippen MR) is 62.6 cm³/mol. The third-order valence-electron chi connectivity index (χ3n) is 2.47. The lowest BCUT2D eigenvalue weighted by molar-refractivity contribution is -0.137. The van der Waals surface area contributed by atoms with E-state index in [0.717, 1.165) is 12.3 Å². The highest BCUT2D eigenvalue weighted by Gasteiger charge is 2.33. The Bertz CT molecular complexity index is 609. The second-order valence-electron chi connectivity index (χ2n) is 3.64. The Morgan fingerprint density at radius 2 is 1.94 bits per heavy atom. The zero-order valence-corrected chi connectivity index (χ0v) is 9.20. The van der Waals surface area contributed by atoms with Gasteiger partial charge in [-0.1, -0.05) is 18.1 Å². The summed E-state index contributed by atoms with van der Waals surface area (Å²) in [6, 6.07) is 7.35. The van der Waals surface area contributed by atoms with Crippen molar-refractivity contribution in [2.24, 2.45) is 0 Å². The van der Waals surface area contributed by atoms with Gasteiger partial charge in [0, 0.05) is 23.5 Å². The lowest BCUT2D eigenvalue weighted by Crippen LogP contribution is -2.07. The van der Waals surface area contributed by atoms with Crippen LogP contribution in [0.15, 0.2) is 42.7 Å². The van der Waals surface area contributed by atoms with Crippen molar-refractivity contribution in [1.82, 2.24) is 4.98 Å². The molecule has 90 valence electrons. The molecule has 1 heterocycles. The maximum Gasteiger partial charge on any atom is 0.417 e. The summed E-state index contributed by atoms with van der Waals surface area (Å²) >= 11 is 0. The number of hydrogen-bond donors (Lipinski definition) is 0. The Morgan fingerprint density at radius 1 is 1.17 bits per heavy atom. The van der Waals surface area contributed by atoms with Crippen LogP contribution in [-0.2, 0) is 6.18 Å². The number of benzene rings is 1. The molecular weight excluding hydrogens is 239 g/mol. The van der Waals surface area contributed by atoms with Crippen LogP contribution < -0.4 is 0 Å². The molecule has 0 saturated carbocycles. The summed E-state index contributed by atoms with van der Waals surface area (Å²) in [4.78, 5) is 3.74. The van der Waals surface area contributed by atoms with Gasteiger partial charge in [-0.2, -0.15) is 13.2 Å². The van der Waals surface area contributed by atoms with Crippen molar-refractivity contribution in [1.29, 1.82) is 0 Å². The van der Waals surface area contributed by atoms with Crippen LogP contribution in [0.25, 0.3) is 11.1 Å². The number of hydrogen-bond acceptors (Lipinski definition) is 1. The van der Waals surface area contributed by atoms with Crippen LogP contribution in [0.2, 0.25) is 0 Å². The first-order chi connectivity index (χ1) is 8.52. The summed E-state index contributed by atoms with van der Waals surface area (Å²) in [5, 5.41) is 0. The van der Waals surface area contributed by atoms with Crippen molar-refractivity contribution in [2.45, 2.75) is 6.18 Å². The van der Waals surface area contributed by atoms with Crippen molar-refractivity contribution in [3.8, 4) is 23.5 Å². The second-order valence-corrected chi connectivity index (χ2v) is 3.64. The third-order valence-corrected chi connectivity index (χ3v) is 2.47. The average Bonchev–Trinajstić information content (AvgIpc) is 2.38. The van der Waals surface area contributed by atoms with Gasteiger partial charge in [-0.3, -0.25) is 4.98 Å². The van der Waals surface area contributed by atoms with E-state index in [4.69, 9.17) is 6.42 Å². The van der Waals surface area contributed by atoms with Gasteiger partial charge in [0.15, 0.2) is 0 Å². The van der Waals surface area contributed by atoms with Crippen molar-refractivity contribution in [3.63, 3.8) is 0 Å². The molecular formula is C14H8F3N. The van der Waals surface area contributed by atoms with Gasteiger partial charge < -0.3 is 0 Å². The fraction of sp³-hybridized carbons (Fsp3) is 0.0714. The van der Waals surface area contributed by atoms with Gasteiger partial charge in [-0.25, -0.2) is 0 Å². The van der Waals surface area contributed by atoms with Crippen LogP contribution in [0.5, 0.6) is 0 Å². The molecule has 0 atom stereocenters. The summed E-state index contributed by atoms with van der Waals surface area (Å²) < 4.78 is 38.5. The van der Waals surface area contributed by atoms with Crippen LogP contribution in [0.1, 0.15) is 11.1 Å². The molecule has 0 amide bonds. The number of nitrogens with zero attached hydrogens (tertiary/aromatic N) is 1. The highest BCUT2D eigenvalue weighted by Crippen LogP contribution is 2.36. The van der Waals surface area contributed by atoms with Crippen molar-refractivity contribution in [3.05, 3.63) is 53.9 Å². The zero-order chi connectivity index (χ0) is 13.2. The van der Waals surface area contributed by atoms with E-state index in [2.05, 4.69) is 10.9 Å². The van der Waals surface area contributed by atoms with E-state index in [1.807, 2.05) is 0 Å². The molecule has 2 aromatic rings. The first-order valence-corrected chi connectivity index (χ1v) is 5.10. The van der Waals surface area contributed by atoms with Crippen LogP contribution in [0, 0.1) is 12.3 Å². The van der Waals surface area contributed by atoms with Gasteiger partial charge in [0.1, 0.15) is 0 Å². The molecule has 0 aliphatic rings. The zero-order valence-electron chi connectivity index (χ0n) is 9.20. The summed E-state index contributed by atoms with van der Waals surface area (Å²) in [5.41, 5.74) is 0.254. The Balaban J connectivity index is 2.61. The Hall–Kier alpha value is -2.28. The molecule has 1 aromatic heterocycles. The fourth-order valence-electron chi connectivity index (χ4n) is 1.65. The van der Waals surface area contributed by atoms with Gasteiger partial charge >= 0.3 is 6.18 Å². The van der Waals surface area contributed by atoms with Crippen LogP contribution in [0.3, 0.4) is 0 Å². The largest absolute Gasteiger partial charge is 0.417 e. The van der Waals surface area contributed by atoms with Gasteiger partial charge in [0.05, 0.1) is 5.56 Å². The molecule has 0 N–H and O–H groups in total. The second kappa shape index (κ2) is 4.53. The first-order valence-electron chi connectivity index (χ1n) is 5.10. The molecule has 18 heavy (non-hydrogen) atoms. The Morgan fingerprint density at radius 3 is 2.61 bits per heavy atom. The topological polar surface area (TPSA) is 12.9 Å². The van der Waals surface area contributed by atoms with Gasteiger partial charge in [0.2, 0.25) is 0 Å². The van der Waals surface area contributed by atoms with E-state index in [0.29, 0.717) is 11.1 Å². The lowest BCUT2D eigenvalue weighted by Gasteiger charge is -2.12. The molecule has 0 aliphatic heterocycles. The van der Waals surface area contributed by atoms with E-state index < -0.39 is 11.7 Å². The monoisotopic (exact) mass is 247 g/mol. The third kappa shape index (κ3) is 2.35. The highest BCUT2D eigenvalue weighted by atomic mass is 19.4. The van der Waals surface area contributed by atoms with Crippen molar-refractivity contribution < 1.29 is 13.2 Å². The molecule has 0 spiro atoms. The molecule has 0 unspecified atom stereocenters. The molecule has 0 fully saturated rings.